The summed E-state index contributed by atoms with van der Waals surface area (Å²) >= 11 is 0. The molecule has 0 aromatic carbocycles. The maximum atomic E-state index is 9.84. The SMILES string of the molecule is N#Cc1c(N2CCOCC2)nc2c(c1C#N)CCCCCCCCCC2. The molecule has 5 nitrogen and oxygen atoms in total. The second-order valence-electron chi connectivity index (χ2n) is 7.26. The number of rotatable bonds is 1. The Kier molecular flexibility index (Phi) is 6.86. The van der Waals surface area contributed by atoms with E-state index in [1.165, 1.54) is 38.5 Å². The molecule has 2 heterocycles. The molecule has 0 saturated carbocycles. The third-order valence-electron chi connectivity index (χ3n) is 5.49. The molecule has 3 rings (SSSR count). The first kappa shape index (κ1) is 18.7. The first-order valence-electron chi connectivity index (χ1n) is 10.0. The van der Waals surface area contributed by atoms with Gasteiger partial charge in [0.1, 0.15) is 23.5 Å². The maximum absolute atomic E-state index is 9.84. The van der Waals surface area contributed by atoms with Crippen molar-refractivity contribution >= 4 is 5.82 Å². The number of morpholine rings is 1. The average Bonchev–Trinajstić information content (AvgIpc) is 2.68. The molecule has 26 heavy (non-hydrogen) atoms. The van der Waals surface area contributed by atoms with Gasteiger partial charge in [0.05, 0.1) is 18.8 Å². The van der Waals surface area contributed by atoms with Crippen LogP contribution in [0.15, 0.2) is 0 Å². The van der Waals surface area contributed by atoms with E-state index < -0.39 is 0 Å². The minimum atomic E-state index is 0.459. The van der Waals surface area contributed by atoms with Crippen LogP contribution in [-0.2, 0) is 17.6 Å². The number of nitriles is 2. The molecular weight excluding hydrogens is 324 g/mol. The summed E-state index contributed by atoms with van der Waals surface area (Å²) in [5.74, 6) is 0.693. The molecule has 138 valence electrons. The van der Waals surface area contributed by atoms with Gasteiger partial charge in [-0.2, -0.15) is 10.5 Å². The molecule has 0 N–H and O–H groups in total. The van der Waals surface area contributed by atoms with E-state index in [0.717, 1.165) is 50.0 Å². The number of pyridine rings is 1. The van der Waals surface area contributed by atoms with E-state index in [0.29, 0.717) is 30.2 Å². The van der Waals surface area contributed by atoms with E-state index in [4.69, 9.17) is 9.72 Å². The molecule has 1 aliphatic carbocycles. The highest BCUT2D eigenvalue weighted by molar-refractivity contribution is 5.65. The topological polar surface area (TPSA) is 72.9 Å². The summed E-state index contributed by atoms with van der Waals surface area (Å²) in [6, 6.07) is 4.63. The van der Waals surface area contributed by atoms with E-state index in [1.807, 2.05) is 0 Å². The van der Waals surface area contributed by atoms with Crippen molar-refractivity contribution in [1.82, 2.24) is 4.98 Å². The summed E-state index contributed by atoms with van der Waals surface area (Å²) in [6.45, 7) is 2.74. The average molecular weight is 352 g/mol. The van der Waals surface area contributed by atoms with Gasteiger partial charge in [-0.05, 0) is 31.2 Å². The Hall–Kier alpha value is -2.11. The molecule has 1 aromatic heterocycles. The lowest BCUT2D eigenvalue weighted by Gasteiger charge is -2.29. The largest absolute Gasteiger partial charge is 0.378 e. The van der Waals surface area contributed by atoms with Crippen LogP contribution in [-0.4, -0.2) is 31.3 Å². The smallest absolute Gasteiger partial charge is 0.148 e. The molecule has 0 radical (unpaired) electrons. The fourth-order valence-electron chi connectivity index (χ4n) is 4.02. The Morgan fingerprint density at radius 3 is 1.96 bits per heavy atom. The number of ether oxygens (including phenoxy) is 1. The number of aromatic nitrogens is 1. The zero-order chi connectivity index (χ0) is 18.2. The van der Waals surface area contributed by atoms with Gasteiger partial charge in [0.15, 0.2) is 0 Å². The van der Waals surface area contributed by atoms with Crippen molar-refractivity contribution in [3.05, 3.63) is 22.4 Å². The highest BCUT2D eigenvalue weighted by atomic mass is 16.5. The molecule has 1 fully saturated rings. The number of aryl methyl sites for hydroxylation is 1. The van der Waals surface area contributed by atoms with Gasteiger partial charge in [0.25, 0.3) is 0 Å². The number of hydrogen-bond acceptors (Lipinski definition) is 5. The minimum Gasteiger partial charge on any atom is -0.378 e. The van der Waals surface area contributed by atoms with Crippen LogP contribution in [0.1, 0.15) is 73.8 Å². The molecule has 0 amide bonds. The lowest BCUT2D eigenvalue weighted by Crippen LogP contribution is -2.37. The lowest BCUT2D eigenvalue weighted by atomic mass is 9.93. The van der Waals surface area contributed by atoms with Crippen LogP contribution < -0.4 is 4.90 Å². The van der Waals surface area contributed by atoms with Gasteiger partial charge in [-0.15, -0.1) is 0 Å². The molecule has 1 aliphatic heterocycles. The molecule has 0 unspecified atom stereocenters. The summed E-state index contributed by atoms with van der Waals surface area (Å²) in [6.07, 6.45) is 11.6. The van der Waals surface area contributed by atoms with E-state index in [2.05, 4.69) is 17.0 Å². The normalized spacial score (nSPS) is 19.4. The van der Waals surface area contributed by atoms with Crippen molar-refractivity contribution in [3.63, 3.8) is 0 Å². The van der Waals surface area contributed by atoms with Gasteiger partial charge in [-0.3, -0.25) is 0 Å². The third-order valence-corrected chi connectivity index (χ3v) is 5.49. The van der Waals surface area contributed by atoms with E-state index in [-0.39, 0.29) is 0 Å². The van der Waals surface area contributed by atoms with Crippen molar-refractivity contribution in [2.75, 3.05) is 31.2 Å². The van der Waals surface area contributed by atoms with Crippen molar-refractivity contribution in [1.29, 1.82) is 10.5 Å². The standard InChI is InChI=1S/C21H28N4O/c22-15-18-17-9-7-5-3-1-2-4-6-8-10-20(17)24-21(19(18)16-23)25-11-13-26-14-12-25/h1-14H2. The quantitative estimate of drug-likeness (QED) is 0.767. The minimum absolute atomic E-state index is 0.459. The fraction of sp³-hybridized carbons (Fsp3) is 0.667. The fourth-order valence-corrected chi connectivity index (χ4v) is 4.02. The highest BCUT2D eigenvalue weighted by Gasteiger charge is 2.24. The van der Waals surface area contributed by atoms with Gasteiger partial charge in [-0.1, -0.05) is 38.5 Å². The first-order valence-corrected chi connectivity index (χ1v) is 10.0. The van der Waals surface area contributed by atoms with Crippen LogP contribution in [0.3, 0.4) is 0 Å². The molecule has 0 spiro atoms. The third kappa shape index (κ3) is 4.34. The summed E-state index contributed by atoms with van der Waals surface area (Å²) < 4.78 is 5.44. The summed E-state index contributed by atoms with van der Waals surface area (Å²) in [4.78, 5) is 7.05. The lowest BCUT2D eigenvalue weighted by molar-refractivity contribution is 0.122. The summed E-state index contributed by atoms with van der Waals surface area (Å²) in [5.41, 5.74) is 3.10. The van der Waals surface area contributed by atoms with Crippen LogP contribution >= 0.6 is 0 Å². The number of hydrogen-bond donors (Lipinski definition) is 0. The molecule has 0 atom stereocenters. The second-order valence-corrected chi connectivity index (χ2v) is 7.26. The summed E-state index contributed by atoms with van der Waals surface area (Å²) in [5, 5.41) is 19.6. The summed E-state index contributed by atoms with van der Waals surface area (Å²) in [7, 11) is 0. The van der Waals surface area contributed by atoms with E-state index in [1.54, 1.807) is 0 Å². The van der Waals surface area contributed by atoms with Gasteiger partial charge in [0, 0.05) is 18.8 Å². The highest BCUT2D eigenvalue weighted by Crippen LogP contribution is 2.29. The van der Waals surface area contributed by atoms with Gasteiger partial charge >= 0.3 is 0 Å². The van der Waals surface area contributed by atoms with E-state index >= 15 is 0 Å². The van der Waals surface area contributed by atoms with Crippen LogP contribution in [0.2, 0.25) is 0 Å². The zero-order valence-corrected chi connectivity index (χ0v) is 15.6. The predicted molar refractivity (Wildman–Crippen MR) is 101 cm³/mol. The van der Waals surface area contributed by atoms with Crippen molar-refractivity contribution < 1.29 is 4.74 Å². The van der Waals surface area contributed by atoms with Crippen LogP contribution in [0, 0.1) is 22.7 Å². The Morgan fingerprint density at radius 2 is 1.35 bits per heavy atom. The monoisotopic (exact) mass is 352 g/mol. The molecule has 2 aliphatic rings. The molecule has 5 heteroatoms. The molecular formula is C21H28N4O. The number of fused-ring (bicyclic) bond motifs is 1. The van der Waals surface area contributed by atoms with Gasteiger partial charge in [-0.25, -0.2) is 4.98 Å². The maximum Gasteiger partial charge on any atom is 0.148 e. The van der Waals surface area contributed by atoms with E-state index in [9.17, 15) is 10.5 Å². The van der Waals surface area contributed by atoms with Crippen LogP contribution in [0.5, 0.6) is 0 Å². The Bertz CT molecular complexity index is 695. The molecule has 1 aromatic rings. The number of anilines is 1. The van der Waals surface area contributed by atoms with Crippen molar-refractivity contribution in [2.45, 2.75) is 64.2 Å². The molecule has 1 saturated heterocycles. The Balaban J connectivity index is 2.00. The number of nitrogens with zero attached hydrogens (tertiary/aromatic N) is 4. The second kappa shape index (κ2) is 9.55. The van der Waals surface area contributed by atoms with Gasteiger partial charge < -0.3 is 9.64 Å². The zero-order valence-electron chi connectivity index (χ0n) is 15.6. The van der Waals surface area contributed by atoms with Crippen molar-refractivity contribution in [3.8, 4) is 12.1 Å². The van der Waals surface area contributed by atoms with Crippen LogP contribution in [0.4, 0.5) is 5.82 Å². The van der Waals surface area contributed by atoms with Crippen molar-refractivity contribution in [2.24, 2.45) is 0 Å². The first-order chi connectivity index (χ1) is 12.8. The van der Waals surface area contributed by atoms with Gasteiger partial charge in [0.2, 0.25) is 0 Å². The Morgan fingerprint density at radius 1 is 0.769 bits per heavy atom. The van der Waals surface area contributed by atoms with Crippen LogP contribution in [0.25, 0.3) is 0 Å². The Labute approximate surface area is 156 Å². The molecule has 0 bridgehead atoms. The predicted octanol–water partition coefficient (Wildman–Crippen LogP) is 3.88.